The number of carbonyl (C=O) groups is 1. The Hall–Kier alpha value is -3.94. The van der Waals surface area contributed by atoms with E-state index >= 15 is 0 Å². The molecule has 4 aromatic rings. The second-order valence-electron chi connectivity index (χ2n) is 7.98. The summed E-state index contributed by atoms with van der Waals surface area (Å²) >= 11 is 0. The Morgan fingerprint density at radius 1 is 1.03 bits per heavy atom. The van der Waals surface area contributed by atoms with Crippen molar-refractivity contribution in [3.63, 3.8) is 0 Å². The number of halogens is 1. The first-order chi connectivity index (χ1) is 14.8. The smallest absolute Gasteiger partial charge is 0.324 e. The van der Waals surface area contributed by atoms with Crippen molar-refractivity contribution in [1.82, 2.24) is 10.1 Å². The number of aromatic nitrogens is 2. The van der Waals surface area contributed by atoms with E-state index in [1.54, 1.807) is 24.4 Å². The number of pyridine rings is 1. The normalized spacial score (nSPS) is 11.4. The first kappa shape index (κ1) is 20.3. The molecule has 2 aromatic heterocycles. The largest absolute Gasteiger partial charge is 0.454 e. The topological polar surface area (TPSA) is 89.3 Å². The summed E-state index contributed by atoms with van der Waals surface area (Å²) in [5, 5.41) is 9.72. The molecule has 2 N–H and O–H groups in total. The number of anilines is 2. The van der Waals surface area contributed by atoms with Crippen LogP contribution in [0.1, 0.15) is 26.5 Å². The Bertz CT molecular complexity index is 1240. The number of urea groups is 1. The van der Waals surface area contributed by atoms with E-state index in [1.165, 1.54) is 12.1 Å². The summed E-state index contributed by atoms with van der Waals surface area (Å²) in [6.07, 6.45) is 1.60. The summed E-state index contributed by atoms with van der Waals surface area (Å²) < 4.78 is 25.6. The van der Waals surface area contributed by atoms with Gasteiger partial charge in [0, 0.05) is 34.8 Å². The molecule has 0 aliphatic carbocycles. The predicted molar refractivity (Wildman–Crippen MR) is 116 cm³/mol. The molecule has 0 bridgehead atoms. The third-order valence-corrected chi connectivity index (χ3v) is 4.51. The van der Waals surface area contributed by atoms with Gasteiger partial charge in [-0.15, -0.1) is 0 Å². The molecule has 158 valence electrons. The molecule has 0 unspecified atom stereocenters. The third kappa shape index (κ3) is 4.63. The average molecular weight is 420 g/mol. The number of hydrogen-bond donors (Lipinski definition) is 2. The molecule has 0 aliphatic rings. The zero-order valence-electron chi connectivity index (χ0n) is 17.3. The van der Waals surface area contributed by atoms with E-state index < -0.39 is 11.8 Å². The molecule has 0 saturated heterocycles. The Kier molecular flexibility index (Phi) is 5.29. The van der Waals surface area contributed by atoms with Crippen molar-refractivity contribution in [1.29, 1.82) is 0 Å². The van der Waals surface area contributed by atoms with Crippen molar-refractivity contribution >= 4 is 28.4 Å². The number of fused-ring (bicyclic) bond motifs is 1. The lowest BCUT2D eigenvalue weighted by atomic mass is 9.93. The lowest BCUT2D eigenvalue weighted by Gasteiger charge is -2.12. The summed E-state index contributed by atoms with van der Waals surface area (Å²) in [5.74, 6) is 0.818. The molecule has 0 fully saturated rings. The standard InChI is InChI=1S/C23H21FN4O3/c1-23(2,3)20-13-21(28-31-20)27-22(29)26-14-8-9-19(16(24)12-14)30-18-10-11-25-17-7-5-4-6-15(17)18/h4-13H,1-3H3,(H2,26,27,28,29). The van der Waals surface area contributed by atoms with Crippen LogP contribution in [-0.4, -0.2) is 16.2 Å². The number of benzene rings is 2. The summed E-state index contributed by atoms with van der Waals surface area (Å²) in [4.78, 5) is 16.5. The van der Waals surface area contributed by atoms with Gasteiger partial charge in [-0.2, -0.15) is 0 Å². The summed E-state index contributed by atoms with van der Waals surface area (Å²) in [6.45, 7) is 5.91. The fraction of sp³-hybridized carbons (Fsp3) is 0.174. The molecule has 8 heteroatoms. The highest BCUT2D eigenvalue weighted by molar-refractivity contribution is 5.99. The van der Waals surface area contributed by atoms with Crippen LogP contribution in [0, 0.1) is 5.82 Å². The molecule has 0 saturated carbocycles. The van der Waals surface area contributed by atoms with E-state index in [9.17, 15) is 9.18 Å². The minimum absolute atomic E-state index is 0.0358. The van der Waals surface area contributed by atoms with Crippen LogP contribution < -0.4 is 15.4 Å². The highest BCUT2D eigenvalue weighted by Crippen LogP contribution is 2.31. The van der Waals surface area contributed by atoms with E-state index in [0.717, 1.165) is 10.9 Å². The van der Waals surface area contributed by atoms with E-state index in [4.69, 9.17) is 9.26 Å². The van der Waals surface area contributed by atoms with Crippen LogP contribution >= 0.6 is 0 Å². The summed E-state index contributed by atoms with van der Waals surface area (Å²) in [6, 6.07) is 14.4. The van der Waals surface area contributed by atoms with E-state index in [-0.39, 0.29) is 22.7 Å². The average Bonchev–Trinajstić information content (AvgIpc) is 3.19. The molecule has 0 atom stereocenters. The molecular weight excluding hydrogens is 399 g/mol. The van der Waals surface area contributed by atoms with Crippen LogP contribution in [0.2, 0.25) is 0 Å². The molecule has 0 aliphatic heterocycles. The minimum atomic E-state index is -0.616. The first-order valence-electron chi connectivity index (χ1n) is 9.66. The number of ether oxygens (including phenoxy) is 1. The zero-order chi connectivity index (χ0) is 22.0. The highest BCUT2D eigenvalue weighted by atomic mass is 19.1. The number of rotatable bonds is 4. The van der Waals surface area contributed by atoms with Gasteiger partial charge in [-0.1, -0.05) is 38.1 Å². The second-order valence-corrected chi connectivity index (χ2v) is 7.98. The quantitative estimate of drug-likeness (QED) is 0.417. The Balaban J connectivity index is 1.45. The maximum Gasteiger partial charge on any atom is 0.324 e. The number of nitrogens with one attached hydrogen (secondary N) is 2. The lowest BCUT2D eigenvalue weighted by Crippen LogP contribution is -2.19. The van der Waals surface area contributed by atoms with Gasteiger partial charge in [0.2, 0.25) is 0 Å². The van der Waals surface area contributed by atoms with Crippen molar-refractivity contribution in [3.8, 4) is 11.5 Å². The van der Waals surface area contributed by atoms with Crippen LogP contribution in [0.25, 0.3) is 10.9 Å². The number of amides is 2. The Labute approximate surface area is 178 Å². The number of carbonyl (C=O) groups excluding carboxylic acids is 1. The van der Waals surface area contributed by atoms with Crippen molar-refractivity contribution in [2.75, 3.05) is 10.6 Å². The van der Waals surface area contributed by atoms with Crippen LogP contribution in [0.5, 0.6) is 11.5 Å². The highest BCUT2D eigenvalue weighted by Gasteiger charge is 2.20. The summed E-state index contributed by atoms with van der Waals surface area (Å²) in [5.41, 5.74) is 0.780. The monoisotopic (exact) mass is 420 g/mol. The molecule has 0 spiro atoms. The zero-order valence-corrected chi connectivity index (χ0v) is 17.3. The molecule has 0 radical (unpaired) electrons. The van der Waals surface area contributed by atoms with Crippen molar-refractivity contribution in [3.05, 3.63) is 72.4 Å². The summed E-state index contributed by atoms with van der Waals surface area (Å²) in [7, 11) is 0. The third-order valence-electron chi connectivity index (χ3n) is 4.51. The molecular formula is C23H21FN4O3. The fourth-order valence-electron chi connectivity index (χ4n) is 2.90. The van der Waals surface area contributed by atoms with Crippen molar-refractivity contribution in [2.45, 2.75) is 26.2 Å². The van der Waals surface area contributed by atoms with E-state index in [1.807, 2.05) is 45.0 Å². The van der Waals surface area contributed by atoms with Gasteiger partial charge in [0.1, 0.15) is 11.5 Å². The first-order valence-corrected chi connectivity index (χ1v) is 9.66. The van der Waals surface area contributed by atoms with Gasteiger partial charge in [-0.3, -0.25) is 10.3 Å². The molecule has 4 rings (SSSR count). The van der Waals surface area contributed by atoms with E-state index in [2.05, 4.69) is 20.8 Å². The Morgan fingerprint density at radius 3 is 2.58 bits per heavy atom. The maximum atomic E-state index is 14.6. The van der Waals surface area contributed by atoms with Crippen molar-refractivity contribution in [2.24, 2.45) is 0 Å². The van der Waals surface area contributed by atoms with Gasteiger partial charge >= 0.3 is 6.03 Å². The van der Waals surface area contributed by atoms with Gasteiger partial charge in [-0.05, 0) is 30.3 Å². The molecule has 7 nitrogen and oxygen atoms in total. The SMILES string of the molecule is CC(C)(C)c1cc(NC(=O)Nc2ccc(Oc3ccnc4ccccc34)c(F)c2)no1. The maximum absolute atomic E-state index is 14.6. The van der Waals surface area contributed by atoms with Gasteiger partial charge in [-0.25, -0.2) is 9.18 Å². The Morgan fingerprint density at radius 2 is 1.84 bits per heavy atom. The van der Waals surface area contributed by atoms with Crippen LogP contribution in [0.4, 0.5) is 20.7 Å². The predicted octanol–water partition coefficient (Wildman–Crippen LogP) is 6.10. The van der Waals surface area contributed by atoms with Crippen LogP contribution in [0.3, 0.4) is 0 Å². The number of hydrogen-bond acceptors (Lipinski definition) is 5. The second kappa shape index (κ2) is 8.06. The minimum Gasteiger partial charge on any atom is -0.454 e. The number of para-hydroxylation sites is 1. The fourth-order valence-corrected chi connectivity index (χ4v) is 2.90. The van der Waals surface area contributed by atoms with E-state index in [0.29, 0.717) is 11.5 Å². The molecule has 2 heterocycles. The lowest BCUT2D eigenvalue weighted by molar-refractivity contribution is 0.262. The van der Waals surface area contributed by atoms with Crippen LogP contribution in [-0.2, 0) is 5.41 Å². The molecule has 2 amide bonds. The van der Waals surface area contributed by atoms with Gasteiger partial charge in [0.05, 0.1) is 5.52 Å². The van der Waals surface area contributed by atoms with Crippen molar-refractivity contribution < 1.29 is 18.4 Å². The van der Waals surface area contributed by atoms with Gasteiger partial charge < -0.3 is 14.6 Å². The molecule has 2 aromatic carbocycles. The molecule has 31 heavy (non-hydrogen) atoms. The van der Waals surface area contributed by atoms with Gasteiger partial charge in [0.25, 0.3) is 0 Å². The number of nitrogens with zero attached hydrogens (tertiary/aromatic N) is 2. The van der Waals surface area contributed by atoms with Crippen LogP contribution in [0.15, 0.2) is 65.3 Å². The van der Waals surface area contributed by atoms with Gasteiger partial charge in [0.15, 0.2) is 17.4 Å².